The number of thiocarbonyl (C=S) groups is 1. The van der Waals surface area contributed by atoms with Crippen LogP contribution in [0.25, 0.3) is 11.7 Å². The summed E-state index contributed by atoms with van der Waals surface area (Å²) in [5, 5.41) is 3.14. The highest BCUT2D eigenvalue weighted by Gasteiger charge is 2.35. The lowest BCUT2D eigenvalue weighted by molar-refractivity contribution is -0.123. The number of thioether (sulfide) groups is 1. The lowest BCUT2D eigenvalue weighted by Gasteiger charge is -2.18. The molecule has 9 heteroatoms. The second kappa shape index (κ2) is 8.25. The summed E-state index contributed by atoms with van der Waals surface area (Å²) in [6, 6.07) is 3.72. The normalized spacial score (nSPS) is 21.0. The molecule has 2 aliphatic rings. The van der Waals surface area contributed by atoms with Gasteiger partial charge in [-0.3, -0.25) is 18.9 Å². The Hall–Kier alpha value is -2.23. The van der Waals surface area contributed by atoms with Gasteiger partial charge in [-0.25, -0.2) is 4.98 Å². The SMILES string of the molecule is CCNc1nc2ccc(C)cn2c(=O)c1/C=C1/SC(=S)N(CC2CCCO2)C1=O. The van der Waals surface area contributed by atoms with Crippen molar-refractivity contribution in [1.82, 2.24) is 14.3 Å². The number of hydrogen-bond donors (Lipinski definition) is 1. The molecule has 1 unspecified atom stereocenters. The number of pyridine rings is 1. The monoisotopic (exact) mass is 430 g/mol. The van der Waals surface area contributed by atoms with Crippen LogP contribution in [-0.4, -0.2) is 50.3 Å². The van der Waals surface area contributed by atoms with Crippen LogP contribution in [0.3, 0.4) is 0 Å². The number of hydrogen-bond acceptors (Lipinski definition) is 7. The van der Waals surface area contributed by atoms with Gasteiger partial charge >= 0.3 is 0 Å². The third-order valence-electron chi connectivity index (χ3n) is 4.91. The van der Waals surface area contributed by atoms with Crippen molar-refractivity contribution in [2.45, 2.75) is 32.8 Å². The summed E-state index contributed by atoms with van der Waals surface area (Å²) in [6.07, 6.45) is 5.30. The molecule has 2 saturated heterocycles. The molecule has 4 rings (SSSR count). The molecule has 2 aliphatic heterocycles. The molecule has 4 heterocycles. The minimum absolute atomic E-state index is 0.0186. The third kappa shape index (κ3) is 3.94. The Morgan fingerprint density at radius 2 is 2.24 bits per heavy atom. The molecule has 2 fully saturated rings. The highest BCUT2D eigenvalue weighted by atomic mass is 32.2. The van der Waals surface area contributed by atoms with Crippen LogP contribution in [0, 0.1) is 6.92 Å². The Morgan fingerprint density at radius 1 is 1.41 bits per heavy atom. The van der Waals surface area contributed by atoms with Gasteiger partial charge in [0.05, 0.1) is 23.1 Å². The fraction of sp³-hybridized carbons (Fsp3) is 0.400. The molecule has 1 atom stereocenters. The van der Waals surface area contributed by atoms with Gasteiger partial charge < -0.3 is 10.1 Å². The molecule has 1 amide bonds. The largest absolute Gasteiger partial charge is 0.376 e. The fourth-order valence-electron chi connectivity index (χ4n) is 3.47. The molecule has 0 aromatic carbocycles. The molecular formula is C20H22N4O3S2. The van der Waals surface area contributed by atoms with E-state index in [4.69, 9.17) is 17.0 Å². The number of fused-ring (bicyclic) bond motifs is 1. The van der Waals surface area contributed by atoms with Crippen LogP contribution in [0.15, 0.2) is 28.0 Å². The summed E-state index contributed by atoms with van der Waals surface area (Å²) in [5.74, 6) is 0.275. The van der Waals surface area contributed by atoms with E-state index in [1.54, 1.807) is 17.2 Å². The predicted molar refractivity (Wildman–Crippen MR) is 119 cm³/mol. The minimum Gasteiger partial charge on any atom is -0.376 e. The molecule has 0 spiro atoms. The first-order chi connectivity index (χ1) is 14.0. The van der Waals surface area contributed by atoms with Gasteiger partial charge in [-0.05, 0) is 44.4 Å². The maximum atomic E-state index is 13.2. The highest BCUT2D eigenvalue weighted by molar-refractivity contribution is 8.26. The van der Waals surface area contributed by atoms with Crippen LogP contribution < -0.4 is 10.9 Å². The summed E-state index contributed by atoms with van der Waals surface area (Å²) in [5.41, 5.74) is 1.64. The van der Waals surface area contributed by atoms with E-state index in [1.165, 1.54) is 16.2 Å². The average molecular weight is 431 g/mol. The fourth-order valence-corrected chi connectivity index (χ4v) is 4.73. The number of rotatable bonds is 5. The number of aryl methyl sites for hydroxylation is 1. The van der Waals surface area contributed by atoms with E-state index in [0.29, 0.717) is 39.3 Å². The summed E-state index contributed by atoms with van der Waals surface area (Å²) in [7, 11) is 0. The molecule has 1 N–H and O–H groups in total. The number of carbonyl (C=O) groups excluding carboxylic acids is 1. The second-order valence-corrected chi connectivity index (χ2v) is 8.75. The second-order valence-electron chi connectivity index (χ2n) is 7.07. The van der Waals surface area contributed by atoms with Gasteiger partial charge in [0.1, 0.15) is 15.8 Å². The van der Waals surface area contributed by atoms with Gasteiger partial charge in [0, 0.05) is 19.3 Å². The zero-order chi connectivity index (χ0) is 20.5. The Labute approximate surface area is 178 Å². The van der Waals surface area contributed by atoms with Gasteiger partial charge in [0.25, 0.3) is 11.5 Å². The van der Waals surface area contributed by atoms with Crippen LogP contribution in [0.2, 0.25) is 0 Å². The summed E-state index contributed by atoms with van der Waals surface area (Å²) >= 11 is 6.63. The van der Waals surface area contributed by atoms with Crippen molar-refractivity contribution in [2.75, 3.05) is 25.0 Å². The van der Waals surface area contributed by atoms with Crippen molar-refractivity contribution in [1.29, 1.82) is 0 Å². The van der Waals surface area contributed by atoms with E-state index in [-0.39, 0.29) is 17.6 Å². The Kier molecular flexibility index (Phi) is 5.71. The van der Waals surface area contributed by atoms with Crippen LogP contribution in [0.4, 0.5) is 5.82 Å². The molecule has 2 aromatic heterocycles. The predicted octanol–water partition coefficient (Wildman–Crippen LogP) is 2.81. The molecule has 0 bridgehead atoms. The number of nitrogens with one attached hydrogen (secondary N) is 1. The summed E-state index contributed by atoms with van der Waals surface area (Å²) in [4.78, 5) is 32.7. The van der Waals surface area contributed by atoms with Crippen molar-refractivity contribution in [2.24, 2.45) is 0 Å². The molecule has 29 heavy (non-hydrogen) atoms. The number of anilines is 1. The van der Waals surface area contributed by atoms with Crippen molar-refractivity contribution in [3.8, 4) is 0 Å². The van der Waals surface area contributed by atoms with Gasteiger partial charge in [-0.2, -0.15) is 0 Å². The first-order valence-corrected chi connectivity index (χ1v) is 10.8. The lowest BCUT2D eigenvalue weighted by Crippen LogP contribution is -2.35. The maximum absolute atomic E-state index is 13.2. The van der Waals surface area contributed by atoms with E-state index in [1.807, 2.05) is 26.0 Å². The molecule has 152 valence electrons. The highest BCUT2D eigenvalue weighted by Crippen LogP contribution is 2.34. The Balaban J connectivity index is 1.73. The summed E-state index contributed by atoms with van der Waals surface area (Å²) < 4.78 is 7.64. The minimum atomic E-state index is -0.223. The van der Waals surface area contributed by atoms with E-state index in [2.05, 4.69) is 10.3 Å². The number of amides is 1. The van der Waals surface area contributed by atoms with Crippen molar-refractivity contribution >= 4 is 51.7 Å². The number of ether oxygens (including phenoxy) is 1. The molecule has 0 radical (unpaired) electrons. The third-order valence-corrected chi connectivity index (χ3v) is 6.29. The lowest BCUT2D eigenvalue weighted by atomic mass is 10.2. The molecule has 0 aliphatic carbocycles. The first-order valence-electron chi connectivity index (χ1n) is 9.61. The molecule has 7 nitrogen and oxygen atoms in total. The average Bonchev–Trinajstić information content (AvgIpc) is 3.30. The van der Waals surface area contributed by atoms with Crippen LogP contribution >= 0.6 is 24.0 Å². The summed E-state index contributed by atoms with van der Waals surface area (Å²) in [6.45, 7) is 5.63. The van der Waals surface area contributed by atoms with E-state index < -0.39 is 0 Å². The Bertz CT molecular complexity index is 1070. The van der Waals surface area contributed by atoms with Crippen molar-refractivity contribution in [3.05, 3.63) is 44.7 Å². The maximum Gasteiger partial charge on any atom is 0.267 e. The molecular weight excluding hydrogens is 408 g/mol. The number of aromatic nitrogens is 2. The zero-order valence-corrected chi connectivity index (χ0v) is 17.9. The molecule has 2 aromatic rings. The zero-order valence-electron chi connectivity index (χ0n) is 16.3. The van der Waals surface area contributed by atoms with Crippen LogP contribution in [0.5, 0.6) is 0 Å². The van der Waals surface area contributed by atoms with E-state index in [0.717, 1.165) is 25.0 Å². The van der Waals surface area contributed by atoms with Crippen LogP contribution in [-0.2, 0) is 9.53 Å². The van der Waals surface area contributed by atoms with E-state index in [9.17, 15) is 9.59 Å². The van der Waals surface area contributed by atoms with Crippen molar-refractivity contribution in [3.63, 3.8) is 0 Å². The van der Waals surface area contributed by atoms with Gasteiger partial charge in [-0.1, -0.05) is 30.0 Å². The quantitative estimate of drug-likeness (QED) is 0.577. The topological polar surface area (TPSA) is 75.9 Å². The van der Waals surface area contributed by atoms with Gasteiger partial charge in [0.2, 0.25) is 0 Å². The van der Waals surface area contributed by atoms with Crippen LogP contribution in [0.1, 0.15) is 30.9 Å². The smallest absolute Gasteiger partial charge is 0.267 e. The van der Waals surface area contributed by atoms with Crippen molar-refractivity contribution < 1.29 is 9.53 Å². The first kappa shape index (κ1) is 20.1. The number of nitrogens with zero attached hydrogens (tertiary/aromatic N) is 3. The van der Waals surface area contributed by atoms with E-state index >= 15 is 0 Å². The van der Waals surface area contributed by atoms with Gasteiger partial charge in [0.15, 0.2) is 0 Å². The molecule has 0 saturated carbocycles. The van der Waals surface area contributed by atoms with Gasteiger partial charge in [-0.15, -0.1) is 0 Å². The Morgan fingerprint density at radius 3 is 2.97 bits per heavy atom. The standard InChI is InChI=1S/C20H22N4O3S2/c1-3-21-17-14(18(25)23-10-12(2)6-7-16(23)22-17)9-15-19(26)24(20(28)29-15)11-13-5-4-8-27-13/h6-7,9-10,13,21H,3-5,8,11H2,1-2H3/b15-9+. The number of carbonyl (C=O) groups is 1.